The number of aromatic nitrogens is 2. The number of nitrogens with two attached hydrogens (primary N) is 1. The van der Waals surface area contributed by atoms with Crippen LogP contribution in [0.1, 0.15) is 56.4 Å². The monoisotopic (exact) mass is 281 g/mol. The summed E-state index contributed by atoms with van der Waals surface area (Å²) >= 11 is 0. The van der Waals surface area contributed by atoms with Gasteiger partial charge in [0.2, 0.25) is 5.89 Å². The molecule has 2 atom stereocenters. The van der Waals surface area contributed by atoms with Crippen molar-refractivity contribution in [1.82, 2.24) is 19.9 Å². The summed E-state index contributed by atoms with van der Waals surface area (Å²) in [6.45, 7) is 5.25. The zero-order valence-electron chi connectivity index (χ0n) is 12.9. The lowest BCUT2D eigenvalue weighted by Crippen LogP contribution is -2.31. The van der Waals surface area contributed by atoms with Gasteiger partial charge in [-0.2, -0.15) is 4.98 Å². The van der Waals surface area contributed by atoms with Gasteiger partial charge in [0.15, 0.2) is 5.82 Å². The molecule has 1 saturated heterocycles. The smallest absolute Gasteiger partial charge is 0.243 e. The topological polar surface area (TPSA) is 71.4 Å². The highest BCUT2D eigenvalue weighted by molar-refractivity contribution is 4.99. The zero-order valence-corrected chi connectivity index (χ0v) is 12.9. The van der Waals surface area contributed by atoms with Crippen LogP contribution in [0.15, 0.2) is 4.52 Å². The molecule has 114 valence electrons. The first kappa shape index (κ1) is 15.4. The SMILES string of the molecule is CCCC[C@H](N)c1nc(C2CN(C)CCCN2C)no1. The van der Waals surface area contributed by atoms with Crippen molar-refractivity contribution in [2.24, 2.45) is 5.73 Å². The lowest BCUT2D eigenvalue weighted by Gasteiger charge is -2.24. The molecule has 20 heavy (non-hydrogen) atoms. The van der Waals surface area contributed by atoms with Crippen molar-refractivity contribution in [1.29, 1.82) is 0 Å². The van der Waals surface area contributed by atoms with Crippen LogP contribution in [0.3, 0.4) is 0 Å². The largest absolute Gasteiger partial charge is 0.338 e. The van der Waals surface area contributed by atoms with Crippen LogP contribution in [0.4, 0.5) is 0 Å². The average molecular weight is 281 g/mol. The molecule has 0 amide bonds. The van der Waals surface area contributed by atoms with E-state index in [4.69, 9.17) is 10.3 Å². The molecule has 6 heteroatoms. The lowest BCUT2D eigenvalue weighted by atomic mass is 10.1. The summed E-state index contributed by atoms with van der Waals surface area (Å²) in [6, 6.07) is 0.0587. The molecule has 0 aromatic carbocycles. The van der Waals surface area contributed by atoms with E-state index in [-0.39, 0.29) is 12.1 Å². The third kappa shape index (κ3) is 3.77. The Kier molecular flexibility index (Phi) is 5.51. The van der Waals surface area contributed by atoms with Crippen molar-refractivity contribution in [3.63, 3.8) is 0 Å². The maximum absolute atomic E-state index is 6.10. The van der Waals surface area contributed by atoms with Crippen molar-refractivity contribution in [3.05, 3.63) is 11.7 Å². The molecule has 0 bridgehead atoms. The van der Waals surface area contributed by atoms with Gasteiger partial charge in [-0.15, -0.1) is 0 Å². The summed E-state index contributed by atoms with van der Waals surface area (Å²) in [6.07, 6.45) is 4.29. The molecule has 2 N–H and O–H groups in total. The summed E-state index contributed by atoms with van der Waals surface area (Å²) in [5.41, 5.74) is 6.10. The zero-order chi connectivity index (χ0) is 14.5. The van der Waals surface area contributed by atoms with Gasteiger partial charge >= 0.3 is 0 Å². The molecular weight excluding hydrogens is 254 g/mol. The van der Waals surface area contributed by atoms with Gasteiger partial charge in [-0.05, 0) is 40.0 Å². The highest BCUT2D eigenvalue weighted by atomic mass is 16.5. The number of likely N-dealkylation sites (N-methyl/N-ethyl adjacent to an activating group) is 2. The number of nitrogens with zero attached hydrogens (tertiary/aromatic N) is 4. The van der Waals surface area contributed by atoms with Crippen molar-refractivity contribution >= 4 is 0 Å². The molecule has 1 aromatic rings. The molecule has 1 aliphatic heterocycles. The van der Waals surface area contributed by atoms with Crippen molar-refractivity contribution in [3.8, 4) is 0 Å². The van der Waals surface area contributed by atoms with Crippen LogP contribution in [0.5, 0.6) is 0 Å². The first-order valence-corrected chi connectivity index (χ1v) is 7.59. The van der Waals surface area contributed by atoms with Gasteiger partial charge in [0.25, 0.3) is 0 Å². The molecule has 1 unspecified atom stereocenters. The van der Waals surface area contributed by atoms with E-state index in [0.717, 1.165) is 44.7 Å². The Labute approximate surface area is 121 Å². The summed E-state index contributed by atoms with van der Waals surface area (Å²) < 4.78 is 5.37. The van der Waals surface area contributed by atoms with Crippen LogP contribution in [-0.4, -0.2) is 53.7 Å². The molecule has 2 heterocycles. The summed E-state index contributed by atoms with van der Waals surface area (Å²) in [4.78, 5) is 9.16. The van der Waals surface area contributed by atoms with E-state index in [9.17, 15) is 0 Å². The molecule has 0 aliphatic carbocycles. The number of hydrogen-bond acceptors (Lipinski definition) is 6. The third-order valence-corrected chi connectivity index (χ3v) is 4.01. The molecule has 6 nitrogen and oxygen atoms in total. The van der Waals surface area contributed by atoms with Crippen molar-refractivity contribution < 1.29 is 4.52 Å². The normalized spacial score (nSPS) is 23.7. The van der Waals surface area contributed by atoms with Crippen LogP contribution in [0.2, 0.25) is 0 Å². The van der Waals surface area contributed by atoms with Crippen LogP contribution in [0, 0.1) is 0 Å². The van der Waals surface area contributed by atoms with E-state index in [1.165, 1.54) is 6.42 Å². The molecule has 0 radical (unpaired) electrons. The first-order chi connectivity index (χ1) is 9.61. The number of rotatable bonds is 5. The summed E-state index contributed by atoms with van der Waals surface area (Å²) in [5.74, 6) is 1.34. The Hall–Kier alpha value is -0.980. The molecule has 1 aliphatic rings. The van der Waals surface area contributed by atoms with Crippen LogP contribution < -0.4 is 5.73 Å². The minimum atomic E-state index is -0.134. The Morgan fingerprint density at radius 1 is 1.40 bits per heavy atom. The average Bonchev–Trinajstić information content (AvgIpc) is 2.85. The Bertz CT molecular complexity index is 408. The quantitative estimate of drug-likeness (QED) is 0.883. The first-order valence-electron chi connectivity index (χ1n) is 7.59. The van der Waals surface area contributed by atoms with Gasteiger partial charge in [0.05, 0.1) is 12.1 Å². The third-order valence-electron chi connectivity index (χ3n) is 4.01. The minimum absolute atomic E-state index is 0.134. The molecular formula is C14H27N5O. The highest BCUT2D eigenvalue weighted by Crippen LogP contribution is 2.23. The molecule has 0 saturated carbocycles. The maximum Gasteiger partial charge on any atom is 0.243 e. The Morgan fingerprint density at radius 2 is 2.20 bits per heavy atom. The van der Waals surface area contributed by atoms with Crippen molar-refractivity contribution in [2.75, 3.05) is 33.7 Å². The molecule has 0 spiro atoms. The second-order valence-electron chi connectivity index (χ2n) is 5.85. The highest BCUT2D eigenvalue weighted by Gasteiger charge is 2.27. The van der Waals surface area contributed by atoms with Crippen LogP contribution in [-0.2, 0) is 0 Å². The van der Waals surface area contributed by atoms with E-state index in [1.54, 1.807) is 0 Å². The van der Waals surface area contributed by atoms with E-state index in [2.05, 4.69) is 41.0 Å². The van der Waals surface area contributed by atoms with Gasteiger partial charge in [-0.1, -0.05) is 24.9 Å². The van der Waals surface area contributed by atoms with Gasteiger partial charge in [-0.3, -0.25) is 4.90 Å². The fourth-order valence-electron chi connectivity index (χ4n) is 2.63. The molecule has 1 aromatic heterocycles. The van der Waals surface area contributed by atoms with Gasteiger partial charge in [-0.25, -0.2) is 0 Å². The van der Waals surface area contributed by atoms with Crippen LogP contribution >= 0.6 is 0 Å². The number of hydrogen-bond donors (Lipinski definition) is 1. The van der Waals surface area contributed by atoms with Crippen molar-refractivity contribution in [2.45, 2.75) is 44.7 Å². The predicted octanol–water partition coefficient (Wildman–Crippen LogP) is 1.57. The van der Waals surface area contributed by atoms with Gasteiger partial charge in [0, 0.05) is 6.54 Å². The van der Waals surface area contributed by atoms with Crippen LogP contribution in [0.25, 0.3) is 0 Å². The summed E-state index contributed by atoms with van der Waals surface area (Å²) in [5, 5.41) is 4.16. The van der Waals surface area contributed by atoms with E-state index < -0.39 is 0 Å². The minimum Gasteiger partial charge on any atom is -0.338 e. The lowest BCUT2D eigenvalue weighted by molar-refractivity contribution is 0.214. The van der Waals surface area contributed by atoms with E-state index in [1.807, 2.05) is 0 Å². The van der Waals surface area contributed by atoms with E-state index >= 15 is 0 Å². The fourth-order valence-corrected chi connectivity index (χ4v) is 2.63. The maximum atomic E-state index is 6.10. The predicted molar refractivity (Wildman–Crippen MR) is 78.2 cm³/mol. The number of unbranched alkanes of at least 4 members (excludes halogenated alkanes) is 1. The second-order valence-corrected chi connectivity index (χ2v) is 5.85. The second kappa shape index (κ2) is 7.15. The Balaban J connectivity index is 2.06. The molecule has 2 rings (SSSR count). The van der Waals surface area contributed by atoms with E-state index in [0.29, 0.717) is 5.89 Å². The van der Waals surface area contributed by atoms with Gasteiger partial charge < -0.3 is 15.2 Å². The standard InChI is InChI=1S/C14H27N5O/c1-4-5-7-11(15)14-16-13(17-20-14)12-10-18(2)8-6-9-19(12)3/h11-12H,4-10,15H2,1-3H3/t11-,12?/m0/s1. The molecule has 1 fully saturated rings. The summed E-state index contributed by atoms with van der Waals surface area (Å²) in [7, 11) is 4.26. The Morgan fingerprint density at radius 3 is 2.95 bits per heavy atom. The fraction of sp³-hybridized carbons (Fsp3) is 0.857. The van der Waals surface area contributed by atoms with Gasteiger partial charge in [0.1, 0.15) is 0 Å².